The standard InChI is InChI=1S/C11H18N6S/c1-4-5-12-9(10-7-18-8(2)13-10)6-11-14-16-17(3)15-11/h7,9,12H,4-6H2,1-3H3. The van der Waals surface area contributed by atoms with Gasteiger partial charge in [-0.2, -0.15) is 4.80 Å². The van der Waals surface area contributed by atoms with Gasteiger partial charge in [-0.15, -0.1) is 21.5 Å². The van der Waals surface area contributed by atoms with Crippen LogP contribution in [0.2, 0.25) is 0 Å². The van der Waals surface area contributed by atoms with Crippen molar-refractivity contribution < 1.29 is 0 Å². The third kappa shape index (κ3) is 3.33. The molecule has 0 radical (unpaired) electrons. The van der Waals surface area contributed by atoms with Gasteiger partial charge in [-0.1, -0.05) is 6.92 Å². The molecule has 2 rings (SSSR count). The Morgan fingerprint density at radius 1 is 1.50 bits per heavy atom. The number of nitrogens with one attached hydrogen (secondary N) is 1. The average molecular weight is 266 g/mol. The Bertz CT molecular complexity index is 491. The van der Waals surface area contributed by atoms with Gasteiger partial charge in [-0.3, -0.25) is 0 Å². The quantitative estimate of drug-likeness (QED) is 0.852. The fourth-order valence-corrected chi connectivity index (χ4v) is 2.39. The number of thiazole rings is 1. The van der Waals surface area contributed by atoms with Gasteiger partial charge in [0.25, 0.3) is 0 Å². The third-order valence-corrected chi connectivity index (χ3v) is 3.36. The molecular formula is C11H18N6S. The number of tetrazole rings is 1. The number of hydrogen-bond donors (Lipinski definition) is 1. The Morgan fingerprint density at radius 2 is 2.33 bits per heavy atom. The lowest BCUT2D eigenvalue weighted by molar-refractivity contribution is 0.507. The maximum atomic E-state index is 4.54. The van der Waals surface area contributed by atoms with Crippen LogP contribution >= 0.6 is 11.3 Å². The van der Waals surface area contributed by atoms with E-state index in [9.17, 15) is 0 Å². The van der Waals surface area contributed by atoms with E-state index in [2.05, 4.69) is 38.0 Å². The van der Waals surface area contributed by atoms with Crippen LogP contribution in [0, 0.1) is 6.92 Å². The van der Waals surface area contributed by atoms with Crippen LogP contribution in [0.15, 0.2) is 5.38 Å². The van der Waals surface area contributed by atoms with E-state index in [4.69, 9.17) is 0 Å². The van der Waals surface area contributed by atoms with Gasteiger partial charge in [0.2, 0.25) is 0 Å². The summed E-state index contributed by atoms with van der Waals surface area (Å²) >= 11 is 1.67. The molecule has 1 unspecified atom stereocenters. The van der Waals surface area contributed by atoms with Gasteiger partial charge in [0.05, 0.1) is 23.8 Å². The highest BCUT2D eigenvalue weighted by molar-refractivity contribution is 7.09. The van der Waals surface area contributed by atoms with E-state index in [1.54, 1.807) is 18.4 Å². The maximum absolute atomic E-state index is 4.54. The maximum Gasteiger partial charge on any atom is 0.176 e. The Kier molecular flexibility index (Phi) is 4.38. The fourth-order valence-electron chi connectivity index (χ4n) is 1.73. The summed E-state index contributed by atoms with van der Waals surface area (Å²) in [7, 11) is 1.78. The van der Waals surface area contributed by atoms with E-state index in [1.165, 1.54) is 4.80 Å². The minimum absolute atomic E-state index is 0.166. The third-order valence-electron chi connectivity index (χ3n) is 2.57. The lowest BCUT2D eigenvalue weighted by Gasteiger charge is -2.14. The van der Waals surface area contributed by atoms with Crippen molar-refractivity contribution in [1.82, 2.24) is 30.5 Å². The van der Waals surface area contributed by atoms with Crippen LogP contribution in [-0.4, -0.2) is 31.7 Å². The van der Waals surface area contributed by atoms with Crippen LogP contribution in [-0.2, 0) is 13.5 Å². The highest BCUT2D eigenvalue weighted by Crippen LogP contribution is 2.19. The average Bonchev–Trinajstić information content (AvgIpc) is 2.93. The molecule has 2 aromatic heterocycles. The van der Waals surface area contributed by atoms with Gasteiger partial charge in [0, 0.05) is 11.8 Å². The Labute approximate surface area is 110 Å². The van der Waals surface area contributed by atoms with E-state index in [1.807, 2.05) is 6.92 Å². The highest BCUT2D eigenvalue weighted by atomic mass is 32.1. The minimum Gasteiger partial charge on any atom is -0.308 e. The van der Waals surface area contributed by atoms with Crippen molar-refractivity contribution in [2.75, 3.05) is 6.54 Å². The first kappa shape index (κ1) is 13.1. The van der Waals surface area contributed by atoms with Gasteiger partial charge in [-0.05, 0) is 25.1 Å². The number of aromatic nitrogens is 5. The molecule has 0 aromatic carbocycles. The van der Waals surface area contributed by atoms with Crippen molar-refractivity contribution in [3.05, 3.63) is 21.9 Å². The molecule has 0 bridgehead atoms. The SMILES string of the molecule is CCCNC(Cc1nnn(C)n1)c1csc(C)n1. The summed E-state index contributed by atoms with van der Waals surface area (Å²) in [5.41, 5.74) is 1.07. The van der Waals surface area contributed by atoms with E-state index in [0.29, 0.717) is 0 Å². The molecule has 0 aliphatic carbocycles. The summed E-state index contributed by atoms with van der Waals surface area (Å²) in [5.74, 6) is 0.747. The molecule has 6 nitrogen and oxygen atoms in total. The van der Waals surface area contributed by atoms with Gasteiger partial charge in [-0.25, -0.2) is 4.98 Å². The molecule has 0 fully saturated rings. The molecule has 18 heavy (non-hydrogen) atoms. The van der Waals surface area contributed by atoms with Crippen LogP contribution in [0.5, 0.6) is 0 Å². The number of hydrogen-bond acceptors (Lipinski definition) is 6. The largest absolute Gasteiger partial charge is 0.308 e. The molecule has 0 aliphatic heterocycles. The van der Waals surface area contributed by atoms with Crippen LogP contribution in [0.3, 0.4) is 0 Å². The Morgan fingerprint density at radius 3 is 2.89 bits per heavy atom. The second-order valence-electron chi connectivity index (χ2n) is 4.20. The second kappa shape index (κ2) is 6.01. The van der Waals surface area contributed by atoms with Crippen molar-refractivity contribution in [3.63, 3.8) is 0 Å². The van der Waals surface area contributed by atoms with Crippen molar-refractivity contribution in [3.8, 4) is 0 Å². The van der Waals surface area contributed by atoms with Crippen LogP contribution in [0.1, 0.15) is 35.9 Å². The summed E-state index contributed by atoms with van der Waals surface area (Å²) < 4.78 is 0. The van der Waals surface area contributed by atoms with E-state index in [-0.39, 0.29) is 6.04 Å². The Hall–Kier alpha value is -1.34. The number of nitrogens with zero attached hydrogens (tertiary/aromatic N) is 5. The summed E-state index contributed by atoms with van der Waals surface area (Å²) in [6.45, 7) is 5.13. The minimum atomic E-state index is 0.166. The summed E-state index contributed by atoms with van der Waals surface area (Å²) in [5, 5.41) is 18.8. The molecule has 1 N–H and O–H groups in total. The molecule has 2 heterocycles. The summed E-state index contributed by atoms with van der Waals surface area (Å²) in [6.07, 6.45) is 1.81. The molecule has 0 aliphatic rings. The van der Waals surface area contributed by atoms with Crippen molar-refractivity contribution in [2.24, 2.45) is 7.05 Å². The first-order valence-electron chi connectivity index (χ1n) is 6.07. The molecule has 0 spiro atoms. The first-order valence-corrected chi connectivity index (χ1v) is 6.95. The predicted molar refractivity (Wildman–Crippen MR) is 70.4 cm³/mol. The molecular weight excluding hydrogens is 248 g/mol. The fraction of sp³-hybridized carbons (Fsp3) is 0.636. The van der Waals surface area contributed by atoms with Gasteiger partial charge >= 0.3 is 0 Å². The van der Waals surface area contributed by atoms with Gasteiger partial charge in [0.15, 0.2) is 5.82 Å². The van der Waals surface area contributed by atoms with E-state index < -0.39 is 0 Å². The zero-order chi connectivity index (χ0) is 13.0. The second-order valence-corrected chi connectivity index (χ2v) is 5.26. The zero-order valence-corrected chi connectivity index (χ0v) is 11.7. The zero-order valence-electron chi connectivity index (χ0n) is 10.9. The Balaban J connectivity index is 2.09. The topological polar surface area (TPSA) is 68.5 Å². The molecule has 98 valence electrons. The lowest BCUT2D eigenvalue weighted by Crippen LogP contribution is -2.25. The van der Waals surface area contributed by atoms with Crippen LogP contribution < -0.4 is 5.32 Å². The van der Waals surface area contributed by atoms with Gasteiger partial charge < -0.3 is 5.32 Å². The first-order chi connectivity index (χ1) is 8.69. The van der Waals surface area contributed by atoms with Gasteiger partial charge in [0.1, 0.15) is 0 Å². The molecule has 0 saturated carbocycles. The molecule has 0 saturated heterocycles. The number of aryl methyl sites for hydroxylation is 2. The van der Waals surface area contributed by atoms with E-state index >= 15 is 0 Å². The van der Waals surface area contributed by atoms with Crippen LogP contribution in [0.25, 0.3) is 0 Å². The summed E-state index contributed by atoms with van der Waals surface area (Å²) in [4.78, 5) is 6.02. The lowest BCUT2D eigenvalue weighted by atomic mass is 10.1. The molecule has 0 amide bonds. The monoisotopic (exact) mass is 266 g/mol. The molecule has 2 aromatic rings. The van der Waals surface area contributed by atoms with Crippen molar-refractivity contribution >= 4 is 11.3 Å². The normalized spacial score (nSPS) is 12.8. The highest BCUT2D eigenvalue weighted by Gasteiger charge is 2.17. The summed E-state index contributed by atoms with van der Waals surface area (Å²) in [6, 6.07) is 0.166. The molecule has 7 heteroatoms. The number of rotatable bonds is 6. The predicted octanol–water partition coefficient (Wildman–Crippen LogP) is 1.26. The smallest absolute Gasteiger partial charge is 0.176 e. The van der Waals surface area contributed by atoms with E-state index in [0.717, 1.165) is 35.9 Å². The van der Waals surface area contributed by atoms with Crippen LogP contribution in [0.4, 0.5) is 0 Å². The van der Waals surface area contributed by atoms with Crippen molar-refractivity contribution in [1.29, 1.82) is 0 Å². The molecule has 1 atom stereocenters. The van der Waals surface area contributed by atoms with Crippen molar-refractivity contribution in [2.45, 2.75) is 32.7 Å².